The summed E-state index contributed by atoms with van der Waals surface area (Å²) in [6, 6.07) is -0.933. The van der Waals surface area contributed by atoms with Crippen molar-refractivity contribution < 1.29 is 64.6 Å². The van der Waals surface area contributed by atoms with E-state index in [0.717, 1.165) is 38.5 Å². The molecule has 14 nitrogen and oxygen atoms in total. The predicted octanol–water partition coefficient (Wildman–Crippen LogP) is 15.1. The summed E-state index contributed by atoms with van der Waals surface area (Å²) in [4.78, 5) is 13.3. The van der Waals surface area contributed by atoms with E-state index in [1.54, 1.807) is 6.08 Å². The molecule has 2 heterocycles. The van der Waals surface area contributed by atoms with E-state index in [9.17, 15) is 45.6 Å². The van der Waals surface area contributed by atoms with E-state index in [1.807, 2.05) is 6.08 Å². The lowest BCUT2D eigenvalue weighted by Crippen LogP contribution is -2.65. The van der Waals surface area contributed by atoms with Crippen LogP contribution < -0.4 is 5.32 Å². The highest BCUT2D eigenvalue weighted by molar-refractivity contribution is 5.76. The van der Waals surface area contributed by atoms with Crippen molar-refractivity contribution in [1.29, 1.82) is 0 Å². The molecule has 0 bridgehead atoms. The Morgan fingerprint density at radius 3 is 1.20 bits per heavy atom. The van der Waals surface area contributed by atoms with Crippen LogP contribution in [0.2, 0.25) is 0 Å². The molecule has 0 saturated carbocycles. The lowest BCUT2D eigenvalue weighted by molar-refractivity contribution is -0.359. The molecular weight excluding hydrogens is 1100 g/mol. The third-order valence-corrected chi connectivity index (χ3v) is 17.7. The Morgan fingerprint density at radius 1 is 0.414 bits per heavy atom. The Kier molecular flexibility index (Phi) is 53.9. The fraction of sp³-hybridized carbons (Fsp3) is 0.877. The lowest BCUT2D eigenvalue weighted by Gasteiger charge is -2.46. The first kappa shape index (κ1) is 81.0. The molecule has 2 aliphatic heterocycles. The van der Waals surface area contributed by atoms with Crippen molar-refractivity contribution in [2.45, 2.75) is 389 Å². The molecule has 87 heavy (non-hydrogen) atoms. The van der Waals surface area contributed by atoms with E-state index >= 15 is 0 Å². The van der Waals surface area contributed by atoms with Gasteiger partial charge < -0.3 is 65.1 Å². The lowest BCUT2D eigenvalue weighted by atomic mass is 9.97. The van der Waals surface area contributed by atoms with Crippen molar-refractivity contribution in [3.63, 3.8) is 0 Å². The number of unbranched alkanes of at least 4 members (excludes halogenated alkanes) is 41. The minimum absolute atomic E-state index is 0.245. The quantitative estimate of drug-likeness (QED) is 0.0204. The van der Waals surface area contributed by atoms with E-state index in [2.05, 4.69) is 55.6 Å². The predicted molar refractivity (Wildman–Crippen MR) is 355 cm³/mol. The molecule has 0 radical (unpaired) electrons. The van der Waals surface area contributed by atoms with E-state index in [4.69, 9.17) is 18.9 Å². The zero-order valence-electron chi connectivity index (χ0n) is 55.5. The first-order valence-electron chi connectivity index (χ1n) is 36.4. The standard InChI is InChI=1S/C73H135NO13/c1-3-5-7-9-11-13-15-17-19-21-23-25-27-29-31-33-35-37-39-41-43-45-47-49-51-53-55-57-65(78)74-61(60-84-72-70(83)68(81)71(64(59-76)86-72)87-73-69(82)67(80)66(79)63(58-75)85-73)62(77)56-54-52-50-48-46-44-42-40-38-36-34-32-30-28-26-24-22-20-18-16-14-12-10-8-6-4-2/h15,17,21,23,46,48,54,56,61-64,66-73,75-77,79-83H,3-14,16,18-20,22,24-45,47,49-53,55,57-60H2,1-2H3,(H,74,78)/b17-15-,23-21-,48-46+,56-54+. The van der Waals surface area contributed by atoms with Gasteiger partial charge in [-0.1, -0.05) is 294 Å². The average Bonchev–Trinajstić information content (AvgIpc) is 2.58. The van der Waals surface area contributed by atoms with Gasteiger partial charge in [0.25, 0.3) is 0 Å². The summed E-state index contributed by atoms with van der Waals surface area (Å²) in [5.41, 5.74) is 0. The molecule has 2 fully saturated rings. The van der Waals surface area contributed by atoms with Crippen LogP contribution in [0.3, 0.4) is 0 Å². The van der Waals surface area contributed by atoms with Gasteiger partial charge in [0.1, 0.15) is 48.8 Å². The summed E-state index contributed by atoms with van der Waals surface area (Å²) >= 11 is 0. The van der Waals surface area contributed by atoms with Gasteiger partial charge in [0.15, 0.2) is 12.6 Å². The molecule has 0 aromatic heterocycles. The molecule has 0 aliphatic carbocycles. The molecule has 0 spiro atoms. The highest BCUT2D eigenvalue weighted by atomic mass is 16.7. The van der Waals surface area contributed by atoms with Crippen molar-refractivity contribution >= 4 is 5.91 Å². The number of hydrogen-bond donors (Lipinski definition) is 9. The second kappa shape index (κ2) is 57.8. The van der Waals surface area contributed by atoms with E-state index in [-0.39, 0.29) is 18.9 Å². The van der Waals surface area contributed by atoms with Crippen LogP contribution in [0, 0.1) is 0 Å². The molecule has 1 amide bonds. The number of carbonyl (C=O) groups is 1. The molecule has 2 saturated heterocycles. The van der Waals surface area contributed by atoms with Gasteiger partial charge in [0.05, 0.1) is 32.0 Å². The molecule has 12 unspecified atom stereocenters. The van der Waals surface area contributed by atoms with Crippen LogP contribution >= 0.6 is 0 Å². The molecule has 9 N–H and O–H groups in total. The van der Waals surface area contributed by atoms with Gasteiger partial charge in [-0.15, -0.1) is 0 Å². The maximum absolute atomic E-state index is 13.3. The molecule has 0 aromatic rings. The van der Waals surface area contributed by atoms with Crippen LogP contribution in [0.15, 0.2) is 48.6 Å². The molecule has 2 rings (SSSR count). The van der Waals surface area contributed by atoms with Crippen LogP contribution in [-0.4, -0.2) is 140 Å². The summed E-state index contributed by atoms with van der Waals surface area (Å²) in [6.45, 7) is 2.82. The molecule has 510 valence electrons. The monoisotopic (exact) mass is 1230 g/mol. The largest absolute Gasteiger partial charge is 0.394 e. The highest BCUT2D eigenvalue weighted by Crippen LogP contribution is 2.30. The number of hydrogen-bond acceptors (Lipinski definition) is 13. The maximum Gasteiger partial charge on any atom is 0.220 e. The number of aliphatic hydroxyl groups is 8. The summed E-state index contributed by atoms with van der Waals surface area (Å²) in [5.74, 6) is -0.245. The Morgan fingerprint density at radius 2 is 0.770 bits per heavy atom. The molecule has 0 aromatic carbocycles. The number of ether oxygens (including phenoxy) is 4. The summed E-state index contributed by atoms with van der Waals surface area (Å²) in [5, 5.41) is 87.5. The Labute approximate surface area is 531 Å². The summed E-state index contributed by atoms with van der Waals surface area (Å²) in [6.07, 6.45) is 58.9. The second-order valence-corrected chi connectivity index (χ2v) is 25.7. The van der Waals surface area contributed by atoms with Crippen molar-refractivity contribution in [2.75, 3.05) is 19.8 Å². The van der Waals surface area contributed by atoms with E-state index in [1.165, 1.54) is 244 Å². The van der Waals surface area contributed by atoms with Crippen LogP contribution in [0.4, 0.5) is 0 Å². The van der Waals surface area contributed by atoms with Crippen molar-refractivity contribution in [3.05, 3.63) is 48.6 Å². The van der Waals surface area contributed by atoms with Crippen LogP contribution in [0.5, 0.6) is 0 Å². The van der Waals surface area contributed by atoms with Crippen molar-refractivity contribution in [2.24, 2.45) is 0 Å². The molecule has 2 aliphatic rings. The Bertz CT molecular complexity index is 1640. The summed E-state index contributed by atoms with van der Waals surface area (Å²) < 4.78 is 22.9. The zero-order valence-corrected chi connectivity index (χ0v) is 55.5. The normalized spacial score (nSPS) is 23.5. The minimum atomic E-state index is -1.79. The van der Waals surface area contributed by atoms with Gasteiger partial charge in [-0.05, 0) is 64.2 Å². The van der Waals surface area contributed by atoms with Crippen molar-refractivity contribution in [1.82, 2.24) is 5.32 Å². The van der Waals surface area contributed by atoms with Crippen LogP contribution in [0.1, 0.15) is 316 Å². The highest BCUT2D eigenvalue weighted by Gasteiger charge is 2.51. The first-order chi connectivity index (χ1) is 42.6. The SMILES string of the molecule is CCCCCCC/C=C\C/C=C\CCCCCCCCCCCCCCCCCC(=O)NC(COC1OC(CO)C(OC2OC(CO)C(O)C(O)C2O)C(O)C1O)C(O)/C=C/CC/C=C/CCCCCCCCCCCCCCCCCCCCCC. The van der Waals surface area contributed by atoms with Gasteiger partial charge in [-0.2, -0.15) is 0 Å². The first-order valence-corrected chi connectivity index (χ1v) is 36.4. The fourth-order valence-electron chi connectivity index (χ4n) is 11.9. The third-order valence-electron chi connectivity index (χ3n) is 17.7. The molecular formula is C73H135NO13. The molecule has 14 heteroatoms. The van der Waals surface area contributed by atoms with Gasteiger partial charge in [-0.25, -0.2) is 0 Å². The minimum Gasteiger partial charge on any atom is -0.394 e. The van der Waals surface area contributed by atoms with Crippen LogP contribution in [0.25, 0.3) is 0 Å². The van der Waals surface area contributed by atoms with Gasteiger partial charge in [0.2, 0.25) is 5.91 Å². The number of nitrogens with one attached hydrogen (secondary N) is 1. The van der Waals surface area contributed by atoms with Gasteiger partial charge >= 0.3 is 0 Å². The van der Waals surface area contributed by atoms with Gasteiger partial charge in [0, 0.05) is 6.42 Å². The Balaban J connectivity index is 1.68. The zero-order chi connectivity index (χ0) is 63.1. The third kappa shape index (κ3) is 41.9. The number of allylic oxidation sites excluding steroid dienone is 7. The van der Waals surface area contributed by atoms with E-state index in [0.29, 0.717) is 12.8 Å². The molecule has 12 atom stereocenters. The fourth-order valence-corrected chi connectivity index (χ4v) is 11.9. The van der Waals surface area contributed by atoms with Crippen molar-refractivity contribution in [3.8, 4) is 0 Å². The Hall–Kier alpha value is -2.05. The average molecular weight is 1230 g/mol. The second-order valence-electron chi connectivity index (χ2n) is 25.7. The smallest absolute Gasteiger partial charge is 0.220 e. The summed E-state index contributed by atoms with van der Waals surface area (Å²) in [7, 11) is 0. The number of carbonyl (C=O) groups excluding carboxylic acids is 1. The number of aliphatic hydroxyl groups excluding tert-OH is 8. The number of amides is 1. The van der Waals surface area contributed by atoms with Crippen LogP contribution in [-0.2, 0) is 23.7 Å². The van der Waals surface area contributed by atoms with Gasteiger partial charge in [-0.3, -0.25) is 4.79 Å². The van der Waals surface area contributed by atoms with E-state index < -0.39 is 86.8 Å². The topological polar surface area (TPSA) is 228 Å². The number of rotatable bonds is 60. The maximum atomic E-state index is 13.3.